The Labute approximate surface area is 93.2 Å². The first kappa shape index (κ1) is 12.5. The molecule has 0 spiro atoms. The standard InChI is InChI=1S/C8H13N3O4S/c1-5-4-7(10-9-5)11-16(13,14)6(2)8(12)15-3/h4,6H,1-3H3,(H2,9,10,11). The molecule has 1 rings (SSSR count). The molecule has 8 heteroatoms. The monoisotopic (exact) mass is 247 g/mol. The Hall–Kier alpha value is -1.57. The lowest BCUT2D eigenvalue weighted by molar-refractivity contribution is -0.139. The summed E-state index contributed by atoms with van der Waals surface area (Å²) in [6.45, 7) is 2.97. The van der Waals surface area contributed by atoms with E-state index in [2.05, 4.69) is 19.7 Å². The molecule has 0 fully saturated rings. The van der Waals surface area contributed by atoms with Crippen LogP contribution < -0.4 is 4.72 Å². The molecule has 16 heavy (non-hydrogen) atoms. The zero-order valence-electron chi connectivity index (χ0n) is 9.14. The zero-order valence-corrected chi connectivity index (χ0v) is 9.96. The molecular formula is C8H13N3O4S. The van der Waals surface area contributed by atoms with E-state index in [0.717, 1.165) is 7.11 Å². The average molecular weight is 247 g/mol. The number of aromatic nitrogens is 2. The van der Waals surface area contributed by atoms with Gasteiger partial charge in [-0.3, -0.25) is 14.6 Å². The van der Waals surface area contributed by atoms with E-state index >= 15 is 0 Å². The number of hydrogen-bond donors (Lipinski definition) is 2. The number of ether oxygens (including phenoxy) is 1. The van der Waals surface area contributed by atoms with Crippen molar-refractivity contribution in [3.05, 3.63) is 11.8 Å². The van der Waals surface area contributed by atoms with E-state index in [1.54, 1.807) is 6.92 Å². The van der Waals surface area contributed by atoms with Gasteiger partial charge in [-0.05, 0) is 13.8 Å². The molecule has 1 heterocycles. The van der Waals surface area contributed by atoms with E-state index < -0.39 is 21.2 Å². The fourth-order valence-electron chi connectivity index (χ4n) is 0.997. The Bertz CT molecular complexity index is 479. The second kappa shape index (κ2) is 4.52. The normalized spacial score (nSPS) is 13.2. The highest BCUT2D eigenvalue weighted by Gasteiger charge is 2.29. The topological polar surface area (TPSA) is 101 Å². The third-order valence-electron chi connectivity index (χ3n) is 1.95. The van der Waals surface area contributed by atoms with Gasteiger partial charge >= 0.3 is 5.97 Å². The van der Waals surface area contributed by atoms with Crippen LogP contribution in [-0.2, 0) is 19.6 Å². The summed E-state index contributed by atoms with van der Waals surface area (Å²) >= 11 is 0. The van der Waals surface area contributed by atoms with Crippen molar-refractivity contribution in [3.8, 4) is 0 Å². The third-order valence-corrected chi connectivity index (χ3v) is 3.57. The maximum absolute atomic E-state index is 11.6. The lowest BCUT2D eigenvalue weighted by atomic mass is 10.5. The van der Waals surface area contributed by atoms with Crippen LogP contribution in [0.25, 0.3) is 0 Å². The highest BCUT2D eigenvalue weighted by atomic mass is 32.2. The maximum atomic E-state index is 11.6. The molecule has 1 aromatic rings. The van der Waals surface area contributed by atoms with E-state index in [4.69, 9.17) is 0 Å². The third kappa shape index (κ3) is 2.72. The molecule has 0 aliphatic heterocycles. The van der Waals surface area contributed by atoms with Crippen molar-refractivity contribution in [1.82, 2.24) is 10.2 Å². The van der Waals surface area contributed by atoms with Crippen LogP contribution in [0, 0.1) is 6.92 Å². The van der Waals surface area contributed by atoms with Crippen molar-refractivity contribution in [2.45, 2.75) is 19.1 Å². The molecule has 0 amide bonds. The first-order chi connectivity index (χ1) is 7.36. The summed E-state index contributed by atoms with van der Waals surface area (Å²) in [6.07, 6.45) is 0. The minimum absolute atomic E-state index is 0.147. The molecule has 7 nitrogen and oxygen atoms in total. The van der Waals surface area contributed by atoms with Crippen molar-refractivity contribution in [2.24, 2.45) is 0 Å². The van der Waals surface area contributed by atoms with E-state index in [1.807, 2.05) is 0 Å². The van der Waals surface area contributed by atoms with Crippen LogP contribution in [0.1, 0.15) is 12.6 Å². The van der Waals surface area contributed by atoms with Gasteiger partial charge in [0.1, 0.15) is 0 Å². The van der Waals surface area contributed by atoms with Gasteiger partial charge < -0.3 is 4.74 Å². The van der Waals surface area contributed by atoms with Gasteiger partial charge in [-0.15, -0.1) is 0 Å². The van der Waals surface area contributed by atoms with Crippen LogP contribution in [0.2, 0.25) is 0 Å². The summed E-state index contributed by atoms with van der Waals surface area (Å²) in [7, 11) is -2.69. The van der Waals surface area contributed by atoms with Gasteiger partial charge in [-0.25, -0.2) is 8.42 Å². The molecule has 0 saturated heterocycles. The van der Waals surface area contributed by atoms with Gasteiger partial charge in [0, 0.05) is 11.8 Å². The number of rotatable bonds is 4. The molecule has 0 radical (unpaired) electrons. The minimum atomic E-state index is -3.82. The number of carbonyl (C=O) groups is 1. The lowest BCUT2D eigenvalue weighted by Gasteiger charge is -2.10. The first-order valence-corrected chi connectivity index (χ1v) is 6.03. The number of nitrogens with one attached hydrogen (secondary N) is 2. The minimum Gasteiger partial charge on any atom is -0.468 e. The summed E-state index contributed by atoms with van der Waals surface area (Å²) in [5, 5.41) is 5.00. The lowest BCUT2D eigenvalue weighted by Crippen LogP contribution is -2.33. The fourth-order valence-corrected chi connectivity index (χ4v) is 1.92. The second-order valence-electron chi connectivity index (χ2n) is 3.25. The molecule has 0 bridgehead atoms. The first-order valence-electron chi connectivity index (χ1n) is 4.48. The van der Waals surface area contributed by atoms with Crippen molar-refractivity contribution >= 4 is 21.8 Å². The van der Waals surface area contributed by atoms with Crippen molar-refractivity contribution in [2.75, 3.05) is 11.8 Å². The Morgan fingerprint density at radius 3 is 2.69 bits per heavy atom. The maximum Gasteiger partial charge on any atom is 0.325 e. The summed E-state index contributed by atoms with van der Waals surface area (Å²) in [5.41, 5.74) is 0.712. The number of esters is 1. The predicted octanol–water partition coefficient (Wildman–Crippen LogP) is 0.0213. The van der Waals surface area contributed by atoms with Crippen LogP contribution in [0.4, 0.5) is 5.82 Å². The molecule has 1 aromatic heterocycles. The summed E-state index contributed by atoms with van der Waals surface area (Å²) in [6, 6.07) is 1.52. The van der Waals surface area contributed by atoms with Crippen LogP contribution >= 0.6 is 0 Å². The highest BCUT2D eigenvalue weighted by molar-refractivity contribution is 7.94. The van der Waals surface area contributed by atoms with Gasteiger partial charge in [0.05, 0.1) is 7.11 Å². The molecule has 90 valence electrons. The summed E-state index contributed by atoms with van der Waals surface area (Å²) < 4.78 is 29.8. The molecule has 0 aliphatic rings. The number of methoxy groups -OCH3 is 1. The smallest absolute Gasteiger partial charge is 0.325 e. The molecule has 0 aliphatic carbocycles. The Balaban J connectivity index is 2.83. The zero-order chi connectivity index (χ0) is 12.3. The Morgan fingerprint density at radius 1 is 1.62 bits per heavy atom. The number of anilines is 1. The van der Waals surface area contributed by atoms with Gasteiger partial charge in [-0.2, -0.15) is 5.10 Å². The van der Waals surface area contributed by atoms with Gasteiger partial charge in [0.25, 0.3) is 0 Å². The van der Waals surface area contributed by atoms with Crippen LogP contribution in [-0.4, -0.2) is 36.9 Å². The highest BCUT2D eigenvalue weighted by Crippen LogP contribution is 2.10. The fraction of sp³-hybridized carbons (Fsp3) is 0.500. The summed E-state index contributed by atoms with van der Waals surface area (Å²) in [4.78, 5) is 11.1. The van der Waals surface area contributed by atoms with Crippen LogP contribution in [0.5, 0.6) is 0 Å². The van der Waals surface area contributed by atoms with Crippen LogP contribution in [0.3, 0.4) is 0 Å². The van der Waals surface area contributed by atoms with Crippen molar-refractivity contribution in [3.63, 3.8) is 0 Å². The molecule has 2 N–H and O–H groups in total. The number of H-pyrrole nitrogens is 1. The average Bonchev–Trinajstić information content (AvgIpc) is 2.60. The Morgan fingerprint density at radius 2 is 2.25 bits per heavy atom. The quantitative estimate of drug-likeness (QED) is 0.730. The number of nitrogens with zero attached hydrogens (tertiary/aromatic N) is 1. The molecule has 0 saturated carbocycles. The number of aryl methyl sites for hydroxylation is 1. The Kier molecular flexibility index (Phi) is 3.53. The van der Waals surface area contributed by atoms with Gasteiger partial charge in [0.2, 0.25) is 10.0 Å². The predicted molar refractivity (Wildman–Crippen MR) is 57.3 cm³/mol. The van der Waals surface area contributed by atoms with Crippen molar-refractivity contribution < 1.29 is 17.9 Å². The largest absolute Gasteiger partial charge is 0.468 e. The number of sulfonamides is 1. The number of carbonyl (C=O) groups excluding carboxylic acids is 1. The van der Waals surface area contributed by atoms with Gasteiger partial charge in [0.15, 0.2) is 11.1 Å². The molecule has 1 unspecified atom stereocenters. The molecule has 1 atom stereocenters. The number of aromatic amines is 1. The van der Waals surface area contributed by atoms with E-state index in [9.17, 15) is 13.2 Å². The number of hydrogen-bond acceptors (Lipinski definition) is 5. The van der Waals surface area contributed by atoms with Crippen LogP contribution in [0.15, 0.2) is 6.07 Å². The second-order valence-corrected chi connectivity index (χ2v) is 5.25. The summed E-state index contributed by atoms with van der Waals surface area (Å²) in [5.74, 6) is -0.673. The molecular weight excluding hydrogens is 234 g/mol. The van der Waals surface area contributed by atoms with E-state index in [1.165, 1.54) is 13.0 Å². The van der Waals surface area contributed by atoms with E-state index in [0.29, 0.717) is 5.69 Å². The van der Waals surface area contributed by atoms with E-state index in [-0.39, 0.29) is 5.82 Å². The SMILES string of the molecule is COC(=O)C(C)S(=O)(=O)Nc1cc(C)[nH]n1. The van der Waals surface area contributed by atoms with Gasteiger partial charge in [-0.1, -0.05) is 0 Å². The van der Waals surface area contributed by atoms with Crippen molar-refractivity contribution in [1.29, 1.82) is 0 Å². The molecule has 0 aromatic carbocycles.